The van der Waals surface area contributed by atoms with Gasteiger partial charge >= 0.3 is 0 Å². The third kappa shape index (κ3) is 2.54. The number of fused-ring (bicyclic) bond motifs is 1. The Bertz CT molecular complexity index is 638. The van der Waals surface area contributed by atoms with Crippen molar-refractivity contribution in [2.24, 2.45) is 0 Å². The summed E-state index contributed by atoms with van der Waals surface area (Å²) in [4.78, 5) is 0. The molecule has 1 N–H and O–H groups in total. The number of benzene rings is 2. The molecule has 0 radical (unpaired) electrons. The van der Waals surface area contributed by atoms with E-state index < -0.39 is 6.10 Å². The normalized spacial score (nSPS) is 20.3. The molecule has 21 heavy (non-hydrogen) atoms. The van der Waals surface area contributed by atoms with Crippen LogP contribution < -0.4 is 14.2 Å². The summed E-state index contributed by atoms with van der Waals surface area (Å²) in [5, 5.41) is 10.3. The van der Waals surface area contributed by atoms with Crippen LogP contribution in [0.15, 0.2) is 42.5 Å². The predicted octanol–water partition coefficient (Wildman–Crippen LogP) is 3.26. The van der Waals surface area contributed by atoms with Crippen molar-refractivity contribution in [2.45, 2.75) is 18.6 Å². The lowest BCUT2D eigenvalue weighted by Gasteiger charge is -2.30. The van der Waals surface area contributed by atoms with Gasteiger partial charge in [-0.3, -0.25) is 0 Å². The van der Waals surface area contributed by atoms with Gasteiger partial charge in [0.2, 0.25) is 0 Å². The van der Waals surface area contributed by atoms with Crippen molar-refractivity contribution < 1.29 is 19.3 Å². The van der Waals surface area contributed by atoms with Crippen LogP contribution in [0.3, 0.4) is 0 Å². The molecular formula is C17H18O4. The molecule has 0 spiro atoms. The monoisotopic (exact) mass is 286 g/mol. The molecule has 110 valence electrons. The van der Waals surface area contributed by atoms with E-state index in [9.17, 15) is 5.11 Å². The lowest BCUT2D eigenvalue weighted by atomic mass is 9.94. The zero-order valence-electron chi connectivity index (χ0n) is 12.1. The molecule has 0 aliphatic carbocycles. The Morgan fingerprint density at radius 3 is 2.62 bits per heavy atom. The van der Waals surface area contributed by atoms with Crippen LogP contribution >= 0.6 is 0 Å². The van der Waals surface area contributed by atoms with Crippen molar-refractivity contribution in [1.29, 1.82) is 0 Å². The fraction of sp³-hybridized carbons (Fsp3) is 0.294. The quantitative estimate of drug-likeness (QED) is 0.941. The summed E-state index contributed by atoms with van der Waals surface area (Å²) in [6.45, 7) is 0. The van der Waals surface area contributed by atoms with Gasteiger partial charge in [0.25, 0.3) is 0 Å². The molecule has 4 heteroatoms. The number of methoxy groups -OCH3 is 2. The van der Waals surface area contributed by atoms with E-state index in [2.05, 4.69) is 0 Å². The Hall–Kier alpha value is -2.20. The highest BCUT2D eigenvalue weighted by molar-refractivity contribution is 5.44. The van der Waals surface area contributed by atoms with Crippen LogP contribution in [0.2, 0.25) is 0 Å². The first-order valence-electron chi connectivity index (χ1n) is 6.88. The first kappa shape index (κ1) is 13.8. The molecule has 0 fully saturated rings. The van der Waals surface area contributed by atoms with E-state index >= 15 is 0 Å². The van der Waals surface area contributed by atoms with Crippen LogP contribution in [0.5, 0.6) is 17.2 Å². The second-order valence-corrected chi connectivity index (χ2v) is 5.00. The highest BCUT2D eigenvalue weighted by Crippen LogP contribution is 2.43. The van der Waals surface area contributed by atoms with Crippen LogP contribution in [0.4, 0.5) is 0 Å². The predicted molar refractivity (Wildman–Crippen MR) is 78.9 cm³/mol. The topological polar surface area (TPSA) is 47.9 Å². The maximum atomic E-state index is 10.3. The lowest BCUT2D eigenvalue weighted by molar-refractivity contribution is 0.0644. The van der Waals surface area contributed by atoms with Crippen molar-refractivity contribution in [3.8, 4) is 17.2 Å². The van der Waals surface area contributed by atoms with Gasteiger partial charge < -0.3 is 19.3 Å². The van der Waals surface area contributed by atoms with Gasteiger partial charge in [-0.2, -0.15) is 0 Å². The molecule has 2 unspecified atom stereocenters. The van der Waals surface area contributed by atoms with Crippen molar-refractivity contribution in [2.75, 3.05) is 14.2 Å². The van der Waals surface area contributed by atoms with E-state index in [1.807, 2.05) is 42.5 Å². The molecule has 4 nitrogen and oxygen atoms in total. The highest BCUT2D eigenvalue weighted by Gasteiger charge is 2.29. The fourth-order valence-electron chi connectivity index (χ4n) is 2.68. The summed E-state index contributed by atoms with van der Waals surface area (Å²) in [5.74, 6) is 2.18. The molecule has 2 aromatic carbocycles. The van der Waals surface area contributed by atoms with E-state index in [0.29, 0.717) is 12.2 Å². The van der Waals surface area contributed by atoms with E-state index in [-0.39, 0.29) is 6.10 Å². The summed E-state index contributed by atoms with van der Waals surface area (Å²) in [7, 11) is 3.25. The summed E-state index contributed by atoms with van der Waals surface area (Å²) >= 11 is 0. The maximum absolute atomic E-state index is 10.3. The zero-order valence-corrected chi connectivity index (χ0v) is 12.1. The van der Waals surface area contributed by atoms with Gasteiger partial charge in [-0.25, -0.2) is 0 Å². The van der Waals surface area contributed by atoms with E-state index in [1.54, 1.807) is 14.2 Å². The average Bonchev–Trinajstić information content (AvgIpc) is 2.54. The van der Waals surface area contributed by atoms with Gasteiger partial charge in [0.1, 0.15) is 23.4 Å². The van der Waals surface area contributed by atoms with Crippen molar-refractivity contribution in [3.63, 3.8) is 0 Å². The smallest absolute Gasteiger partial charge is 0.130 e. The molecule has 0 aromatic heterocycles. The van der Waals surface area contributed by atoms with Gasteiger partial charge in [-0.1, -0.05) is 18.2 Å². The molecule has 1 aliphatic rings. The van der Waals surface area contributed by atoms with E-state index in [0.717, 1.165) is 22.6 Å². The average molecular weight is 286 g/mol. The SMILES string of the molecule is COc1ccc(OC)c(C2CC(O)c3ccccc3O2)c1. The van der Waals surface area contributed by atoms with Gasteiger partial charge in [-0.05, 0) is 24.3 Å². The van der Waals surface area contributed by atoms with Gasteiger partial charge in [0.15, 0.2) is 0 Å². The van der Waals surface area contributed by atoms with Crippen molar-refractivity contribution in [1.82, 2.24) is 0 Å². The lowest BCUT2D eigenvalue weighted by Crippen LogP contribution is -2.19. The summed E-state index contributed by atoms with van der Waals surface area (Å²) in [6.07, 6.45) is -0.323. The minimum Gasteiger partial charge on any atom is -0.497 e. The van der Waals surface area contributed by atoms with Crippen LogP contribution in [-0.2, 0) is 0 Å². The van der Waals surface area contributed by atoms with Crippen LogP contribution in [0, 0.1) is 0 Å². The molecule has 0 amide bonds. The summed E-state index contributed by atoms with van der Waals surface area (Å²) < 4.78 is 16.7. The number of hydrogen-bond donors (Lipinski definition) is 1. The van der Waals surface area contributed by atoms with Gasteiger partial charge in [-0.15, -0.1) is 0 Å². The fourth-order valence-corrected chi connectivity index (χ4v) is 2.68. The van der Waals surface area contributed by atoms with Crippen LogP contribution in [-0.4, -0.2) is 19.3 Å². The number of aliphatic hydroxyl groups excluding tert-OH is 1. The molecular weight excluding hydrogens is 268 g/mol. The minimum absolute atomic E-state index is 0.264. The molecule has 2 aromatic rings. The number of hydrogen-bond acceptors (Lipinski definition) is 4. The molecule has 0 saturated carbocycles. The van der Waals surface area contributed by atoms with Crippen LogP contribution in [0.1, 0.15) is 29.8 Å². The number of aliphatic hydroxyl groups is 1. The largest absolute Gasteiger partial charge is 0.497 e. The Balaban J connectivity index is 1.99. The summed E-state index contributed by atoms with van der Waals surface area (Å²) in [5.41, 5.74) is 1.71. The Morgan fingerprint density at radius 1 is 1.05 bits per heavy atom. The molecule has 1 heterocycles. The third-order valence-electron chi connectivity index (χ3n) is 3.77. The van der Waals surface area contributed by atoms with Crippen molar-refractivity contribution >= 4 is 0 Å². The Morgan fingerprint density at radius 2 is 1.86 bits per heavy atom. The maximum Gasteiger partial charge on any atom is 0.130 e. The number of rotatable bonds is 3. The standard InChI is InChI=1S/C17H18O4/c1-19-11-7-8-15(20-2)13(9-11)17-10-14(18)12-5-3-4-6-16(12)21-17/h3-9,14,17-18H,10H2,1-2H3. The van der Waals surface area contributed by atoms with Gasteiger partial charge in [0.05, 0.1) is 20.3 Å². The Labute approximate surface area is 123 Å². The molecule has 0 bridgehead atoms. The van der Waals surface area contributed by atoms with Crippen molar-refractivity contribution in [3.05, 3.63) is 53.6 Å². The first-order chi connectivity index (χ1) is 10.2. The minimum atomic E-state index is -0.546. The van der Waals surface area contributed by atoms with Gasteiger partial charge in [0, 0.05) is 17.5 Å². The van der Waals surface area contributed by atoms with E-state index in [4.69, 9.17) is 14.2 Å². The third-order valence-corrected chi connectivity index (χ3v) is 3.77. The summed E-state index contributed by atoms with van der Waals surface area (Å²) in [6, 6.07) is 13.1. The first-order valence-corrected chi connectivity index (χ1v) is 6.88. The van der Waals surface area contributed by atoms with E-state index in [1.165, 1.54) is 0 Å². The molecule has 3 rings (SSSR count). The molecule has 1 aliphatic heterocycles. The number of para-hydroxylation sites is 1. The highest BCUT2D eigenvalue weighted by atomic mass is 16.5. The second-order valence-electron chi connectivity index (χ2n) is 5.00. The van der Waals surface area contributed by atoms with Crippen LogP contribution in [0.25, 0.3) is 0 Å². The Kier molecular flexibility index (Phi) is 3.71. The zero-order chi connectivity index (χ0) is 14.8. The molecule has 0 saturated heterocycles. The number of ether oxygens (including phenoxy) is 3. The molecule has 2 atom stereocenters. The second kappa shape index (κ2) is 5.66.